The molecule has 20 heavy (non-hydrogen) atoms. The van der Waals surface area contributed by atoms with Crippen molar-refractivity contribution >= 4 is 33.7 Å². The Morgan fingerprint density at radius 1 is 1.25 bits per heavy atom. The third-order valence-corrected chi connectivity index (χ3v) is 3.57. The van der Waals surface area contributed by atoms with E-state index in [2.05, 4.69) is 24.4 Å². The van der Waals surface area contributed by atoms with Gasteiger partial charge in [0.1, 0.15) is 4.99 Å². The SMILES string of the molecule is COCCC(C)Nc1ccc(C(N)=S)c2ccccc12. The molecule has 106 valence electrons. The normalized spacial score (nSPS) is 12.3. The second kappa shape index (κ2) is 6.68. The molecule has 0 bridgehead atoms. The summed E-state index contributed by atoms with van der Waals surface area (Å²) in [5, 5.41) is 5.75. The van der Waals surface area contributed by atoms with Crippen molar-refractivity contribution in [2.75, 3.05) is 19.0 Å². The van der Waals surface area contributed by atoms with Crippen LogP contribution in [-0.4, -0.2) is 24.7 Å². The zero-order valence-corrected chi connectivity index (χ0v) is 12.7. The summed E-state index contributed by atoms with van der Waals surface area (Å²) < 4.78 is 5.11. The standard InChI is InChI=1S/C16H20N2OS/c1-11(9-10-19-2)18-15-8-7-14(16(17)20)12-5-3-4-6-13(12)15/h3-8,11,18H,9-10H2,1-2H3,(H2,17,20). The van der Waals surface area contributed by atoms with Crippen LogP contribution in [-0.2, 0) is 4.74 Å². The first kappa shape index (κ1) is 14.8. The quantitative estimate of drug-likeness (QED) is 0.801. The number of nitrogens with one attached hydrogen (secondary N) is 1. The van der Waals surface area contributed by atoms with Gasteiger partial charge in [0.25, 0.3) is 0 Å². The van der Waals surface area contributed by atoms with E-state index in [1.807, 2.05) is 24.3 Å². The van der Waals surface area contributed by atoms with Gasteiger partial charge in [-0.25, -0.2) is 0 Å². The van der Waals surface area contributed by atoms with Crippen molar-refractivity contribution in [1.82, 2.24) is 0 Å². The van der Waals surface area contributed by atoms with Crippen LogP contribution in [0.1, 0.15) is 18.9 Å². The summed E-state index contributed by atoms with van der Waals surface area (Å²) in [5.41, 5.74) is 7.81. The molecule has 3 N–H and O–H groups in total. The smallest absolute Gasteiger partial charge is 0.104 e. The summed E-state index contributed by atoms with van der Waals surface area (Å²) in [4.78, 5) is 0.431. The topological polar surface area (TPSA) is 47.3 Å². The third-order valence-electron chi connectivity index (χ3n) is 3.35. The van der Waals surface area contributed by atoms with Crippen LogP contribution < -0.4 is 11.1 Å². The Morgan fingerprint density at radius 2 is 1.95 bits per heavy atom. The first-order valence-corrected chi connectivity index (χ1v) is 7.11. The predicted octanol–water partition coefficient (Wildman–Crippen LogP) is 3.31. The van der Waals surface area contributed by atoms with Gasteiger partial charge in [-0.2, -0.15) is 0 Å². The summed E-state index contributed by atoms with van der Waals surface area (Å²) in [6.07, 6.45) is 0.960. The molecule has 0 fully saturated rings. The molecule has 0 heterocycles. The molecule has 0 amide bonds. The Hall–Kier alpha value is -1.65. The molecule has 0 radical (unpaired) electrons. The lowest BCUT2D eigenvalue weighted by atomic mass is 10.0. The zero-order chi connectivity index (χ0) is 14.5. The molecule has 0 saturated heterocycles. The Labute approximate surface area is 125 Å². The number of anilines is 1. The third kappa shape index (κ3) is 3.26. The molecule has 0 saturated carbocycles. The lowest BCUT2D eigenvalue weighted by molar-refractivity contribution is 0.191. The molecule has 0 spiro atoms. The highest BCUT2D eigenvalue weighted by Crippen LogP contribution is 2.27. The Balaban J connectivity index is 2.35. The lowest BCUT2D eigenvalue weighted by Gasteiger charge is -2.17. The van der Waals surface area contributed by atoms with Crippen LogP contribution in [0.15, 0.2) is 36.4 Å². The van der Waals surface area contributed by atoms with Crippen molar-refractivity contribution < 1.29 is 4.74 Å². The van der Waals surface area contributed by atoms with Crippen LogP contribution in [0.5, 0.6) is 0 Å². The van der Waals surface area contributed by atoms with Gasteiger partial charge < -0.3 is 15.8 Å². The summed E-state index contributed by atoms with van der Waals surface area (Å²) in [6.45, 7) is 2.90. The minimum atomic E-state index is 0.342. The van der Waals surface area contributed by atoms with E-state index in [1.54, 1.807) is 7.11 Å². The highest BCUT2D eigenvalue weighted by molar-refractivity contribution is 7.80. The maximum absolute atomic E-state index is 5.79. The summed E-state index contributed by atoms with van der Waals surface area (Å²) in [7, 11) is 1.72. The molecular weight excluding hydrogens is 268 g/mol. The summed E-state index contributed by atoms with van der Waals surface area (Å²) >= 11 is 5.12. The fraction of sp³-hybridized carbons (Fsp3) is 0.312. The number of fused-ring (bicyclic) bond motifs is 1. The monoisotopic (exact) mass is 288 g/mol. The molecule has 4 heteroatoms. The number of hydrogen-bond donors (Lipinski definition) is 2. The molecule has 0 aliphatic rings. The van der Waals surface area contributed by atoms with Gasteiger partial charge in [-0.05, 0) is 30.9 Å². The second-order valence-corrected chi connectivity index (χ2v) is 5.34. The molecule has 0 aliphatic carbocycles. The molecule has 0 aromatic heterocycles. The predicted molar refractivity (Wildman–Crippen MR) is 89.4 cm³/mol. The molecule has 3 nitrogen and oxygen atoms in total. The van der Waals surface area contributed by atoms with Crippen molar-refractivity contribution in [3.63, 3.8) is 0 Å². The van der Waals surface area contributed by atoms with Gasteiger partial charge in [0.15, 0.2) is 0 Å². The van der Waals surface area contributed by atoms with E-state index in [9.17, 15) is 0 Å². The van der Waals surface area contributed by atoms with E-state index >= 15 is 0 Å². The number of rotatable bonds is 6. The van der Waals surface area contributed by atoms with Crippen LogP contribution in [0.3, 0.4) is 0 Å². The minimum absolute atomic E-state index is 0.342. The number of methoxy groups -OCH3 is 1. The Bertz CT molecular complexity index is 612. The van der Waals surface area contributed by atoms with E-state index in [4.69, 9.17) is 22.7 Å². The van der Waals surface area contributed by atoms with Gasteiger partial charge in [-0.15, -0.1) is 0 Å². The summed E-state index contributed by atoms with van der Waals surface area (Å²) in [5.74, 6) is 0. The number of ether oxygens (including phenoxy) is 1. The molecule has 0 aliphatic heterocycles. The number of nitrogens with two attached hydrogens (primary N) is 1. The van der Waals surface area contributed by atoms with Crippen LogP contribution in [0.2, 0.25) is 0 Å². The molecule has 2 rings (SSSR count). The second-order valence-electron chi connectivity index (χ2n) is 4.90. The summed E-state index contributed by atoms with van der Waals surface area (Å²) in [6, 6.07) is 12.5. The molecule has 1 unspecified atom stereocenters. The average molecular weight is 288 g/mol. The van der Waals surface area contributed by atoms with Gasteiger partial charge in [0, 0.05) is 36.4 Å². The maximum atomic E-state index is 5.79. The Kier molecular flexibility index (Phi) is 4.93. The fourth-order valence-electron chi connectivity index (χ4n) is 2.27. The number of thiocarbonyl (C=S) groups is 1. The van der Waals surface area contributed by atoms with E-state index in [0.29, 0.717) is 11.0 Å². The fourth-order valence-corrected chi connectivity index (χ4v) is 2.45. The highest BCUT2D eigenvalue weighted by Gasteiger charge is 2.09. The molecular formula is C16H20N2OS. The van der Waals surface area contributed by atoms with E-state index in [1.165, 1.54) is 0 Å². The molecule has 2 aromatic carbocycles. The number of benzene rings is 2. The van der Waals surface area contributed by atoms with Crippen molar-refractivity contribution in [2.24, 2.45) is 5.73 Å². The molecule has 2 aromatic rings. The maximum Gasteiger partial charge on any atom is 0.104 e. The van der Waals surface area contributed by atoms with Gasteiger partial charge >= 0.3 is 0 Å². The van der Waals surface area contributed by atoms with Crippen LogP contribution in [0, 0.1) is 0 Å². The van der Waals surface area contributed by atoms with Crippen molar-refractivity contribution in [3.8, 4) is 0 Å². The average Bonchev–Trinajstić information content (AvgIpc) is 2.45. The largest absolute Gasteiger partial charge is 0.389 e. The van der Waals surface area contributed by atoms with Crippen LogP contribution in [0.4, 0.5) is 5.69 Å². The minimum Gasteiger partial charge on any atom is -0.389 e. The first-order valence-electron chi connectivity index (χ1n) is 6.70. The van der Waals surface area contributed by atoms with E-state index in [-0.39, 0.29) is 0 Å². The first-order chi connectivity index (χ1) is 9.63. The highest BCUT2D eigenvalue weighted by atomic mass is 32.1. The number of hydrogen-bond acceptors (Lipinski definition) is 3. The van der Waals surface area contributed by atoms with Gasteiger partial charge in [-0.1, -0.05) is 36.5 Å². The zero-order valence-electron chi connectivity index (χ0n) is 11.8. The van der Waals surface area contributed by atoms with E-state index in [0.717, 1.165) is 35.1 Å². The van der Waals surface area contributed by atoms with Crippen molar-refractivity contribution in [2.45, 2.75) is 19.4 Å². The van der Waals surface area contributed by atoms with Gasteiger partial charge in [0.05, 0.1) is 0 Å². The van der Waals surface area contributed by atoms with E-state index < -0.39 is 0 Å². The van der Waals surface area contributed by atoms with Crippen LogP contribution in [0.25, 0.3) is 10.8 Å². The lowest BCUT2D eigenvalue weighted by Crippen LogP contribution is -2.18. The molecule has 1 atom stereocenters. The van der Waals surface area contributed by atoms with Gasteiger partial charge in [-0.3, -0.25) is 0 Å². The van der Waals surface area contributed by atoms with Crippen molar-refractivity contribution in [1.29, 1.82) is 0 Å². The van der Waals surface area contributed by atoms with Crippen LogP contribution >= 0.6 is 12.2 Å². The van der Waals surface area contributed by atoms with Gasteiger partial charge in [0.2, 0.25) is 0 Å². The van der Waals surface area contributed by atoms with Crippen molar-refractivity contribution in [3.05, 3.63) is 42.0 Å². The Morgan fingerprint density at radius 3 is 2.60 bits per heavy atom.